The number of H-pyrrole nitrogens is 1. The van der Waals surface area contributed by atoms with Gasteiger partial charge in [0.1, 0.15) is 59.4 Å². The summed E-state index contributed by atoms with van der Waals surface area (Å²) in [6, 6.07) is 2.82. The minimum atomic E-state index is -2.09. The van der Waals surface area contributed by atoms with Crippen molar-refractivity contribution in [2.75, 3.05) is 6.54 Å². The average Bonchev–Trinajstić information content (AvgIpc) is 1.37. The van der Waals surface area contributed by atoms with Gasteiger partial charge in [0, 0.05) is 80.4 Å². The molecule has 1 aromatic heterocycles. The van der Waals surface area contributed by atoms with Crippen LogP contribution in [0.1, 0.15) is 245 Å². The number of nitrogens with two attached hydrogens (primary N) is 2. The van der Waals surface area contributed by atoms with Crippen molar-refractivity contribution in [1.29, 1.82) is 0 Å². The Balaban J connectivity index is 1.40. The summed E-state index contributed by atoms with van der Waals surface area (Å²) in [5.41, 5.74) is 8.71. The predicted octanol–water partition coefficient (Wildman–Crippen LogP) is 2.31. The van der Waals surface area contributed by atoms with Gasteiger partial charge in [0.25, 0.3) is 0 Å². The summed E-state index contributed by atoms with van der Waals surface area (Å²) in [4.78, 5) is 297. The van der Waals surface area contributed by atoms with E-state index in [9.17, 15) is 77.6 Å². The lowest BCUT2D eigenvalue weighted by atomic mass is 9.77. The highest BCUT2D eigenvalue weighted by molar-refractivity contribution is 6.41. The Kier molecular flexibility index (Phi) is 46.2. The molecule has 2 aliphatic rings. The largest absolute Gasteiger partial charge is 0.481 e. The smallest absolute Gasteiger partial charge is 0.335 e. The number of fused-ring (bicyclic) bond motifs is 1. The highest BCUT2D eigenvalue weighted by Crippen LogP contribution is 2.35. The molecule has 0 bridgehead atoms. The molecule has 0 radical (unpaired) electrons. The molecule has 1 aliphatic carbocycles. The van der Waals surface area contributed by atoms with Gasteiger partial charge in [-0.2, -0.15) is 0 Å². The summed E-state index contributed by atoms with van der Waals surface area (Å²) in [6.07, 6.45) is 3.75. The fraction of sp³-hybridized carbons (Fsp3) is 0.570. The fourth-order valence-corrected chi connectivity index (χ4v) is 16.3. The number of ketones is 4. The second-order valence-corrected chi connectivity index (χ2v) is 38.2. The first-order valence-electron chi connectivity index (χ1n) is 48.3. The Morgan fingerprint density at radius 3 is 1.68 bits per heavy atom. The van der Waals surface area contributed by atoms with Gasteiger partial charge in [-0.25, -0.2) is 4.79 Å². The van der Waals surface area contributed by atoms with Crippen LogP contribution < -0.4 is 85.9 Å². The van der Waals surface area contributed by atoms with E-state index >= 15 is 38.4 Å². The quantitative estimate of drug-likeness (QED) is 0.0224. The van der Waals surface area contributed by atoms with Gasteiger partial charge >= 0.3 is 11.9 Å². The van der Waals surface area contributed by atoms with Crippen molar-refractivity contribution in [3.63, 3.8) is 0 Å². The molecular formula is C100H143N17O24. The first kappa shape index (κ1) is 116. The van der Waals surface area contributed by atoms with Crippen molar-refractivity contribution < 1.29 is 116 Å². The topological polar surface area (TPSA) is 655 Å². The summed E-state index contributed by atoms with van der Waals surface area (Å²) in [6.45, 7) is 18.1. The van der Waals surface area contributed by atoms with Crippen LogP contribution in [-0.2, 0) is 115 Å². The summed E-state index contributed by atoms with van der Waals surface area (Å²) in [7, 11) is 0. The van der Waals surface area contributed by atoms with Crippen LogP contribution in [0, 0.1) is 29.6 Å². The van der Waals surface area contributed by atoms with Gasteiger partial charge in [0.2, 0.25) is 100 Å². The second-order valence-electron chi connectivity index (χ2n) is 38.2. The van der Waals surface area contributed by atoms with Crippen molar-refractivity contribution >= 4 is 135 Å². The number of aliphatic hydroxyl groups is 1. The first-order chi connectivity index (χ1) is 66.4. The third-order valence-corrected chi connectivity index (χ3v) is 25.4. The van der Waals surface area contributed by atoms with Crippen molar-refractivity contribution in [2.24, 2.45) is 41.1 Å². The number of carboxylic acid groups (broad SMARTS) is 2. The maximum Gasteiger partial charge on any atom is 0.335 e. The van der Waals surface area contributed by atoms with Gasteiger partial charge in [0.05, 0.1) is 35.8 Å². The zero-order chi connectivity index (χ0) is 105. The zero-order valence-corrected chi connectivity index (χ0v) is 82.7. The van der Waals surface area contributed by atoms with Crippen molar-refractivity contribution in [1.82, 2.24) is 79.4 Å². The number of nitrogens with one attached hydrogen (secondary N) is 15. The molecule has 1 fully saturated rings. The van der Waals surface area contributed by atoms with Crippen molar-refractivity contribution in [3.8, 4) is 0 Å². The van der Waals surface area contributed by atoms with Gasteiger partial charge in [-0.3, -0.25) is 95.9 Å². The number of rotatable bonds is 40. The number of aromatic carboxylic acids is 1. The first-order valence-corrected chi connectivity index (χ1v) is 48.3. The minimum absolute atomic E-state index is 0.00607. The third kappa shape index (κ3) is 37.9. The molecule has 772 valence electrons. The molecule has 0 spiro atoms. The van der Waals surface area contributed by atoms with Gasteiger partial charge in [-0.15, -0.1) is 0 Å². The van der Waals surface area contributed by atoms with Crippen LogP contribution in [0.4, 0.5) is 0 Å². The van der Waals surface area contributed by atoms with Gasteiger partial charge in [0.15, 0.2) is 11.6 Å². The molecule has 3 aromatic carbocycles. The van der Waals surface area contributed by atoms with E-state index in [1.54, 1.807) is 74.6 Å². The second kappa shape index (κ2) is 56.1. The molecule has 2 heterocycles. The normalized spacial score (nSPS) is 22.1. The van der Waals surface area contributed by atoms with E-state index in [0.29, 0.717) is 67.0 Å². The number of aromatic amines is 1. The molecule has 41 nitrogen and oxygen atoms in total. The number of hydrogen-bond donors (Lipinski definition) is 20. The molecule has 0 unspecified atom stereocenters. The number of allylic oxidation sites excluding steroid dienone is 2. The summed E-state index contributed by atoms with van der Waals surface area (Å²) < 4.78 is 0. The Morgan fingerprint density at radius 2 is 1.09 bits per heavy atom. The van der Waals surface area contributed by atoms with Crippen LogP contribution in [0.2, 0.25) is 0 Å². The monoisotopic (exact) mass is 1970 g/mol. The third-order valence-electron chi connectivity index (χ3n) is 25.4. The highest BCUT2D eigenvalue weighted by Gasteiger charge is 2.45. The SMILES string of the molecule is CC(=O)N[C@@H](CC(C)C)C(=O)N[C@H](C(=O)N[C@@H](Cc1ccccc1)C(=O)N[C@]1(C)CCCCCCC=CCCC[C@@](C)(C(=O)N[C@@H](C)C(=O)N[C@@H](C)C(=O)N[C@@H](C)C(=O)N[C@@H](C)C(=O)C(=O)[C@H](C)NC[C@H](C)C(N)=O)NC(=O)[C@H](CC2CCC2)CC(=O)[C@H](CCC(N)=O)NC(=O)[C@H](C)NC(=O)[C@H](Cc2c[nH]c3ccccc23)CC(=O)[C@H](Cc2ccc(C(=O)O)cc2)NC(=O)[C@H](CCC(=O)O)NC1=O)[C@@H](C)O. The van der Waals surface area contributed by atoms with Gasteiger partial charge < -0.3 is 106 Å². The molecule has 18 atom stereocenters. The molecule has 6 rings (SSSR count). The molecule has 0 saturated heterocycles. The molecule has 141 heavy (non-hydrogen) atoms. The summed E-state index contributed by atoms with van der Waals surface area (Å²) in [5, 5.41) is 68.7. The molecule has 4 aromatic rings. The number of Topliss-reactive ketones (excluding diaryl/α,β-unsaturated/α-hetero) is 4. The molecule has 15 amide bonds. The number of carbonyl (C=O) groups is 21. The number of carboxylic acids is 2. The van der Waals surface area contributed by atoms with Crippen LogP contribution in [0.25, 0.3) is 10.9 Å². The van der Waals surface area contributed by atoms with Crippen LogP contribution >= 0.6 is 0 Å². The summed E-state index contributed by atoms with van der Waals surface area (Å²) >= 11 is 0. The maximum atomic E-state index is 15.6. The number of amides is 15. The minimum Gasteiger partial charge on any atom is -0.481 e. The number of aliphatic hydroxyl groups excluding tert-OH is 1. The van der Waals surface area contributed by atoms with Crippen molar-refractivity contribution in [3.05, 3.63) is 119 Å². The summed E-state index contributed by atoms with van der Waals surface area (Å²) in [5.74, 6) is -23.1. The van der Waals surface area contributed by atoms with E-state index in [0.717, 1.165) is 6.42 Å². The lowest BCUT2D eigenvalue weighted by Gasteiger charge is -2.34. The van der Waals surface area contributed by atoms with Crippen LogP contribution in [0.5, 0.6) is 0 Å². The lowest BCUT2D eigenvalue weighted by Crippen LogP contribution is -2.65. The molecule has 1 aliphatic heterocycles. The van der Waals surface area contributed by atoms with E-state index in [1.165, 1.54) is 100 Å². The van der Waals surface area contributed by atoms with Crippen molar-refractivity contribution in [2.45, 2.75) is 327 Å². The fourth-order valence-electron chi connectivity index (χ4n) is 16.3. The lowest BCUT2D eigenvalue weighted by molar-refractivity contribution is -0.140. The van der Waals surface area contributed by atoms with Gasteiger partial charge in [-0.05, 0) is 186 Å². The van der Waals surface area contributed by atoms with Gasteiger partial charge in [-0.1, -0.05) is 132 Å². The van der Waals surface area contributed by atoms with E-state index in [2.05, 4.69) is 79.4 Å². The van der Waals surface area contributed by atoms with Crippen LogP contribution in [0.3, 0.4) is 0 Å². The Labute approximate surface area is 820 Å². The van der Waals surface area contributed by atoms with E-state index in [-0.39, 0.29) is 80.9 Å². The molecule has 1 saturated carbocycles. The Morgan fingerprint density at radius 1 is 0.518 bits per heavy atom. The highest BCUT2D eigenvalue weighted by atomic mass is 16.4. The zero-order valence-electron chi connectivity index (χ0n) is 82.7. The standard InChI is InChI=1S/C100H143N17O24/c1-54(2)45-76(110-63(11)119)93(135)115-82(62(10)118)95(137)113-77(48-65-29-22-21-23-30-65)94(136)117-100(13)44-27-20-18-16-14-15-17-19-26-43-99(12,97(140)109-61(9)88(130)107-59(7)87(129)106-58(6)86(128)105-57(5)84(126)83(125)56(4)103-52-55(3)85(102)127)116-91(133)68(46-64-31-28-32-64)50-78(120)73(39-41-80(101)122)111-89(131)60(8)108-90(132)69(49-70-53-104-72-34-25-24-33-71(70)72)51-79(121)75(47-66-35-37-67(38-36-66)96(138)139)112-92(134)74(114-98(100)141)40-42-81(123)124/h15,17,21-25,29-30,33-38,53-62,64,68-69,73-77,82,103-104,118H,14,16,18-20,26-28,31-32,39-52H2,1-13H3,(H2,101,122)(H2,102,127)(H,105,128)(H,106,129)(H,107,130)(H,108,132)(H,109,140)(H,110,119)(H,111,131)(H,112,134)(H,113,137)(H,114,141)(H,115,135)(H,116,133)(H,117,136)(H,123,124)(H,138,139)/t55-,56-,57-,58-,59-,60-,61-,62+,68+,69+,73-,74-,75-,76-,77-,82-,99-,100+/m0/s1. The number of hydrogen-bond acceptors (Lipinski definition) is 23. The number of aromatic nitrogens is 1. The predicted molar refractivity (Wildman–Crippen MR) is 519 cm³/mol. The maximum absolute atomic E-state index is 15.6. The molecule has 41 heteroatoms. The van der Waals surface area contributed by atoms with E-state index in [4.69, 9.17) is 11.5 Å². The van der Waals surface area contributed by atoms with E-state index in [1.807, 2.05) is 12.2 Å². The number of aliphatic carboxylic acids is 1. The van der Waals surface area contributed by atoms with E-state index < -0.39 is 276 Å². The number of benzene rings is 3. The number of para-hydroxylation sites is 1. The van der Waals surface area contributed by atoms with Crippen LogP contribution in [-0.4, -0.2) is 240 Å². The Hall–Kier alpha value is -13.5. The molecular weight excluding hydrogens is 1820 g/mol. The average molecular weight is 1970 g/mol. The Bertz CT molecular complexity index is 5130. The molecule has 22 N–H and O–H groups in total. The van der Waals surface area contributed by atoms with Crippen LogP contribution in [0.15, 0.2) is 97.2 Å². The number of primary amides is 2. The number of carbonyl (C=O) groups excluding carboxylic acids is 19.